The van der Waals surface area contributed by atoms with Crippen molar-refractivity contribution in [2.75, 3.05) is 10.7 Å². The highest BCUT2D eigenvalue weighted by Crippen LogP contribution is 2.49. The molecule has 3 aromatic rings. The number of amides is 2. The molecule has 0 fully saturated rings. The first-order chi connectivity index (χ1) is 16.5. The lowest BCUT2D eigenvalue weighted by Gasteiger charge is -2.30. The van der Waals surface area contributed by atoms with Crippen molar-refractivity contribution in [3.05, 3.63) is 95.6 Å². The maximum absolute atomic E-state index is 14.2. The van der Waals surface area contributed by atoms with E-state index < -0.39 is 32.9 Å². The Morgan fingerprint density at radius 3 is 2.14 bits per heavy atom. The number of rotatable bonds is 5. The monoisotopic (exact) mass is 491 g/mol. The highest BCUT2D eigenvalue weighted by molar-refractivity contribution is 7.91. The zero-order chi connectivity index (χ0) is 25.4. The van der Waals surface area contributed by atoms with Crippen LogP contribution in [0, 0.1) is 6.92 Å². The van der Waals surface area contributed by atoms with E-state index in [2.05, 4.69) is 0 Å². The molecule has 0 N–H and O–H groups in total. The quantitative estimate of drug-likeness (QED) is 0.476. The van der Waals surface area contributed by atoms with E-state index in [1.807, 2.05) is 31.2 Å². The van der Waals surface area contributed by atoms with E-state index in [0.29, 0.717) is 16.8 Å². The predicted octanol–water partition coefficient (Wildman–Crippen LogP) is 5.43. The summed E-state index contributed by atoms with van der Waals surface area (Å²) in [6, 6.07) is 22.6. The number of fused-ring (bicyclic) bond motifs is 1. The molecule has 35 heavy (non-hydrogen) atoms. The first kappa shape index (κ1) is 24.7. The highest BCUT2D eigenvalue weighted by atomic mass is 32.2. The van der Waals surface area contributed by atoms with Gasteiger partial charge in [0.15, 0.2) is 9.84 Å². The van der Waals surface area contributed by atoms with Gasteiger partial charge in [-0.25, -0.2) is 18.1 Å². The number of carbonyl (C=O) groups is 2. The van der Waals surface area contributed by atoms with E-state index in [0.717, 1.165) is 10.5 Å². The standard InChI is InChI=1S/C28H29NO5S/c1-20-14-16-21(17-15-20)28(18-19-35(32,33)22-10-6-5-7-11-22)23-12-8-9-13-24(23)29(25(28)30)26(31)34-27(2,3)4/h5-17H,18-19H2,1-4H3/t28-/m1/s1. The van der Waals surface area contributed by atoms with Gasteiger partial charge in [-0.3, -0.25) is 4.79 Å². The molecule has 1 atom stereocenters. The lowest BCUT2D eigenvalue weighted by molar-refractivity contribution is -0.121. The maximum Gasteiger partial charge on any atom is 0.421 e. The second-order valence-corrected chi connectivity index (χ2v) is 11.9. The zero-order valence-corrected chi connectivity index (χ0v) is 21.1. The van der Waals surface area contributed by atoms with Crippen LogP contribution in [0.1, 0.15) is 43.9 Å². The fourth-order valence-corrected chi connectivity index (χ4v) is 5.85. The molecule has 0 aliphatic carbocycles. The molecule has 0 radical (unpaired) electrons. The number of aryl methyl sites for hydroxylation is 1. The van der Waals surface area contributed by atoms with Gasteiger partial charge in [0.25, 0.3) is 5.91 Å². The largest absolute Gasteiger partial charge is 0.443 e. The van der Waals surface area contributed by atoms with Gasteiger partial charge in [0.05, 0.1) is 16.3 Å². The fraction of sp³-hybridized carbons (Fsp3) is 0.286. The summed E-state index contributed by atoms with van der Waals surface area (Å²) in [6.45, 7) is 7.14. The number of hydrogen-bond acceptors (Lipinski definition) is 5. The average molecular weight is 492 g/mol. The summed E-state index contributed by atoms with van der Waals surface area (Å²) in [5, 5.41) is 0. The highest BCUT2D eigenvalue weighted by Gasteiger charge is 2.55. The number of para-hydroxylation sites is 1. The molecule has 0 aromatic heterocycles. The van der Waals surface area contributed by atoms with Crippen LogP contribution in [-0.4, -0.2) is 31.8 Å². The van der Waals surface area contributed by atoms with Crippen molar-refractivity contribution in [3.63, 3.8) is 0 Å². The first-order valence-corrected chi connectivity index (χ1v) is 13.1. The number of ether oxygens (including phenoxy) is 1. The molecule has 4 rings (SSSR count). The molecule has 182 valence electrons. The van der Waals surface area contributed by atoms with Crippen LogP contribution in [0.4, 0.5) is 10.5 Å². The molecule has 0 unspecified atom stereocenters. The summed E-state index contributed by atoms with van der Waals surface area (Å²) in [5.74, 6) is -0.785. The van der Waals surface area contributed by atoms with Crippen LogP contribution < -0.4 is 4.90 Å². The minimum Gasteiger partial charge on any atom is -0.443 e. The van der Waals surface area contributed by atoms with Crippen molar-refractivity contribution in [2.24, 2.45) is 0 Å². The molecule has 0 spiro atoms. The van der Waals surface area contributed by atoms with Gasteiger partial charge in [-0.2, -0.15) is 0 Å². The Morgan fingerprint density at radius 1 is 0.914 bits per heavy atom. The molecule has 6 nitrogen and oxygen atoms in total. The Bertz CT molecular complexity index is 1360. The molecule has 1 aliphatic heterocycles. The Kier molecular flexibility index (Phi) is 6.32. The zero-order valence-electron chi connectivity index (χ0n) is 20.3. The van der Waals surface area contributed by atoms with E-state index in [-0.39, 0.29) is 17.1 Å². The van der Waals surface area contributed by atoms with Crippen molar-refractivity contribution in [3.8, 4) is 0 Å². The SMILES string of the molecule is Cc1ccc([C@@]2(CCS(=O)(=O)c3ccccc3)C(=O)N(C(=O)OC(C)(C)C)c3ccccc32)cc1. The van der Waals surface area contributed by atoms with Gasteiger partial charge < -0.3 is 4.74 Å². The summed E-state index contributed by atoms with van der Waals surface area (Å²) in [7, 11) is -3.68. The predicted molar refractivity (Wildman–Crippen MR) is 135 cm³/mol. The second kappa shape index (κ2) is 8.96. The van der Waals surface area contributed by atoms with Crippen molar-refractivity contribution in [2.45, 2.75) is 50.0 Å². The molecule has 1 aliphatic rings. The molecular formula is C28H29NO5S. The van der Waals surface area contributed by atoms with Gasteiger partial charge >= 0.3 is 6.09 Å². The van der Waals surface area contributed by atoms with E-state index >= 15 is 0 Å². The van der Waals surface area contributed by atoms with Gasteiger partial charge in [-0.15, -0.1) is 0 Å². The van der Waals surface area contributed by atoms with Crippen molar-refractivity contribution in [1.82, 2.24) is 0 Å². The van der Waals surface area contributed by atoms with Gasteiger partial charge in [-0.05, 0) is 63.4 Å². The molecule has 0 saturated carbocycles. The second-order valence-electron chi connectivity index (χ2n) is 9.79. The number of nitrogens with zero attached hydrogens (tertiary/aromatic N) is 1. The minimum absolute atomic E-state index is 0.0254. The fourth-order valence-electron chi connectivity index (χ4n) is 4.47. The van der Waals surface area contributed by atoms with Crippen LogP contribution >= 0.6 is 0 Å². The number of carbonyl (C=O) groups excluding carboxylic acids is 2. The summed E-state index contributed by atoms with van der Waals surface area (Å²) < 4.78 is 32.0. The number of hydrogen-bond donors (Lipinski definition) is 0. The van der Waals surface area contributed by atoms with E-state index in [1.165, 1.54) is 0 Å². The molecule has 1 heterocycles. The topological polar surface area (TPSA) is 80.8 Å². The number of imide groups is 1. The van der Waals surface area contributed by atoms with Crippen molar-refractivity contribution < 1.29 is 22.7 Å². The van der Waals surface area contributed by atoms with E-state index in [4.69, 9.17) is 4.74 Å². The lowest BCUT2D eigenvalue weighted by atomic mass is 9.73. The van der Waals surface area contributed by atoms with Crippen LogP contribution in [0.3, 0.4) is 0 Å². The normalized spacial score (nSPS) is 17.8. The smallest absolute Gasteiger partial charge is 0.421 e. The van der Waals surface area contributed by atoms with Gasteiger partial charge in [-0.1, -0.05) is 66.2 Å². The Morgan fingerprint density at radius 2 is 1.51 bits per heavy atom. The average Bonchev–Trinajstić information content (AvgIpc) is 3.06. The third kappa shape index (κ3) is 4.60. The first-order valence-electron chi connectivity index (χ1n) is 11.5. The number of sulfone groups is 1. The molecular weight excluding hydrogens is 462 g/mol. The van der Waals surface area contributed by atoms with Crippen LogP contribution in [0.5, 0.6) is 0 Å². The van der Waals surface area contributed by atoms with Gasteiger partial charge in [0, 0.05) is 0 Å². The van der Waals surface area contributed by atoms with Crippen LogP contribution in [-0.2, 0) is 24.8 Å². The summed E-state index contributed by atoms with van der Waals surface area (Å²) in [4.78, 5) is 28.6. The molecule has 0 bridgehead atoms. The van der Waals surface area contributed by atoms with Gasteiger partial charge in [0.1, 0.15) is 11.0 Å². The Hall–Kier alpha value is -3.45. The van der Waals surface area contributed by atoms with Crippen LogP contribution in [0.15, 0.2) is 83.8 Å². The molecule has 3 aromatic carbocycles. The molecule has 0 saturated heterocycles. The Balaban J connectivity index is 1.86. The lowest BCUT2D eigenvalue weighted by Crippen LogP contribution is -2.46. The molecule has 7 heteroatoms. The minimum atomic E-state index is -3.68. The third-order valence-corrected chi connectivity index (χ3v) is 7.87. The molecule has 2 amide bonds. The van der Waals surface area contributed by atoms with Crippen molar-refractivity contribution >= 4 is 27.5 Å². The Labute approximate surface area is 206 Å². The van der Waals surface area contributed by atoms with Crippen LogP contribution in [0.25, 0.3) is 0 Å². The summed E-state index contributed by atoms with van der Waals surface area (Å²) >= 11 is 0. The third-order valence-electron chi connectivity index (χ3n) is 6.14. The summed E-state index contributed by atoms with van der Waals surface area (Å²) in [5.41, 5.74) is 0.465. The number of anilines is 1. The van der Waals surface area contributed by atoms with E-state index in [9.17, 15) is 18.0 Å². The number of benzene rings is 3. The summed E-state index contributed by atoms with van der Waals surface area (Å²) in [6.07, 6.45) is -0.808. The van der Waals surface area contributed by atoms with Gasteiger partial charge in [0.2, 0.25) is 0 Å². The van der Waals surface area contributed by atoms with E-state index in [1.54, 1.807) is 75.4 Å². The van der Waals surface area contributed by atoms with Crippen LogP contribution in [0.2, 0.25) is 0 Å². The van der Waals surface area contributed by atoms with Crippen molar-refractivity contribution in [1.29, 1.82) is 0 Å². The maximum atomic E-state index is 14.2.